The van der Waals surface area contributed by atoms with Gasteiger partial charge < -0.3 is 5.73 Å². The Morgan fingerprint density at radius 2 is 1.76 bits per heavy atom. The van der Waals surface area contributed by atoms with Crippen LogP contribution < -0.4 is 5.73 Å². The van der Waals surface area contributed by atoms with Crippen molar-refractivity contribution in [3.8, 4) is 0 Å². The summed E-state index contributed by atoms with van der Waals surface area (Å²) in [6, 6.07) is 13.4. The van der Waals surface area contributed by atoms with E-state index in [-0.39, 0.29) is 0 Å². The van der Waals surface area contributed by atoms with Gasteiger partial charge in [0.25, 0.3) is 0 Å². The van der Waals surface area contributed by atoms with Crippen LogP contribution >= 0.6 is 0 Å². The minimum Gasteiger partial charge on any atom is -0.330 e. The van der Waals surface area contributed by atoms with E-state index < -0.39 is 0 Å². The van der Waals surface area contributed by atoms with E-state index in [1.165, 1.54) is 21.9 Å². The molecule has 0 radical (unpaired) electrons. The minimum atomic E-state index is 0.669. The van der Waals surface area contributed by atoms with Gasteiger partial charge in [0.2, 0.25) is 0 Å². The molecule has 0 aliphatic carbocycles. The molecule has 1 atom stereocenters. The molecule has 2 N–H and O–H groups in total. The minimum absolute atomic E-state index is 0.669. The van der Waals surface area contributed by atoms with Crippen molar-refractivity contribution in [3.05, 3.63) is 47.5 Å². The molecule has 0 saturated heterocycles. The first-order chi connectivity index (χ1) is 8.19. The highest BCUT2D eigenvalue weighted by Crippen LogP contribution is 2.20. The summed E-state index contributed by atoms with van der Waals surface area (Å²) in [4.78, 5) is 0. The Bertz CT molecular complexity index is 502. The molecule has 2 aromatic carbocycles. The molecule has 0 saturated carbocycles. The molecule has 2 aromatic rings. The Labute approximate surface area is 104 Å². The number of hydrogen-bond acceptors (Lipinski definition) is 1. The van der Waals surface area contributed by atoms with Crippen LogP contribution in [0.4, 0.5) is 0 Å². The second-order valence-electron chi connectivity index (χ2n) is 5.07. The number of benzene rings is 2. The van der Waals surface area contributed by atoms with Crippen LogP contribution in [0.25, 0.3) is 10.8 Å². The van der Waals surface area contributed by atoms with Crippen molar-refractivity contribution in [2.45, 2.75) is 26.7 Å². The number of hydrogen-bond donors (Lipinski definition) is 1. The zero-order chi connectivity index (χ0) is 12.3. The van der Waals surface area contributed by atoms with Crippen molar-refractivity contribution >= 4 is 10.8 Å². The summed E-state index contributed by atoms with van der Waals surface area (Å²) in [6.07, 6.45) is 2.23. The highest BCUT2D eigenvalue weighted by molar-refractivity contribution is 5.83. The van der Waals surface area contributed by atoms with Crippen molar-refractivity contribution in [3.63, 3.8) is 0 Å². The van der Waals surface area contributed by atoms with Crippen LogP contribution in [-0.4, -0.2) is 6.54 Å². The van der Waals surface area contributed by atoms with Gasteiger partial charge in [0.05, 0.1) is 0 Å². The van der Waals surface area contributed by atoms with Crippen molar-refractivity contribution in [1.82, 2.24) is 0 Å². The van der Waals surface area contributed by atoms with Crippen LogP contribution in [0.5, 0.6) is 0 Å². The first-order valence-electron chi connectivity index (χ1n) is 6.38. The van der Waals surface area contributed by atoms with E-state index >= 15 is 0 Å². The summed E-state index contributed by atoms with van der Waals surface area (Å²) in [5, 5.41) is 2.67. The molecule has 0 amide bonds. The van der Waals surface area contributed by atoms with Crippen LogP contribution in [0.15, 0.2) is 36.4 Å². The molecule has 1 unspecified atom stereocenters. The predicted octanol–water partition coefficient (Wildman–Crippen LogP) is 3.68. The quantitative estimate of drug-likeness (QED) is 0.847. The summed E-state index contributed by atoms with van der Waals surface area (Å²) >= 11 is 0. The van der Waals surface area contributed by atoms with Crippen molar-refractivity contribution in [1.29, 1.82) is 0 Å². The van der Waals surface area contributed by atoms with Crippen LogP contribution in [0.2, 0.25) is 0 Å². The van der Waals surface area contributed by atoms with E-state index in [1.807, 2.05) is 0 Å². The SMILES string of the molecule is Cc1ccc2cc(CC(C)CCN)ccc2c1. The van der Waals surface area contributed by atoms with Gasteiger partial charge in [-0.15, -0.1) is 0 Å². The molecule has 1 nitrogen and oxygen atoms in total. The standard InChI is InChI=1S/C16H21N/c1-12-3-5-16-11-14(4-6-15(16)10-12)9-13(2)7-8-17/h3-6,10-11,13H,7-9,17H2,1-2H3. The van der Waals surface area contributed by atoms with Gasteiger partial charge in [-0.25, -0.2) is 0 Å². The smallest absolute Gasteiger partial charge is 0.00746 e. The van der Waals surface area contributed by atoms with Crippen molar-refractivity contribution in [2.75, 3.05) is 6.54 Å². The second kappa shape index (κ2) is 5.33. The van der Waals surface area contributed by atoms with Gasteiger partial charge in [-0.1, -0.05) is 48.9 Å². The van der Waals surface area contributed by atoms with E-state index in [0.29, 0.717) is 5.92 Å². The highest BCUT2D eigenvalue weighted by Gasteiger charge is 2.03. The molecule has 0 aromatic heterocycles. The summed E-state index contributed by atoms with van der Waals surface area (Å²) in [5.74, 6) is 0.669. The molecule has 90 valence electrons. The lowest BCUT2D eigenvalue weighted by Gasteiger charge is -2.10. The Hall–Kier alpha value is -1.34. The summed E-state index contributed by atoms with van der Waals surface area (Å²) < 4.78 is 0. The molecule has 0 aliphatic rings. The lowest BCUT2D eigenvalue weighted by atomic mass is 9.96. The van der Waals surface area contributed by atoms with Crippen molar-refractivity contribution in [2.24, 2.45) is 11.7 Å². The largest absolute Gasteiger partial charge is 0.330 e. The van der Waals surface area contributed by atoms with Crippen LogP contribution in [0, 0.1) is 12.8 Å². The Balaban J connectivity index is 2.23. The molecular weight excluding hydrogens is 206 g/mol. The third-order valence-electron chi connectivity index (χ3n) is 3.30. The zero-order valence-corrected chi connectivity index (χ0v) is 10.7. The summed E-state index contributed by atoms with van der Waals surface area (Å²) in [6.45, 7) is 5.19. The normalized spacial score (nSPS) is 12.9. The van der Waals surface area contributed by atoms with Crippen LogP contribution in [0.1, 0.15) is 24.5 Å². The predicted molar refractivity (Wildman–Crippen MR) is 75.2 cm³/mol. The molecule has 0 fully saturated rings. The van der Waals surface area contributed by atoms with E-state index in [2.05, 4.69) is 50.2 Å². The first-order valence-corrected chi connectivity index (χ1v) is 6.38. The fraction of sp³-hybridized carbons (Fsp3) is 0.375. The van der Waals surface area contributed by atoms with Gasteiger partial charge in [0.1, 0.15) is 0 Å². The van der Waals surface area contributed by atoms with Gasteiger partial charge >= 0.3 is 0 Å². The lowest BCUT2D eigenvalue weighted by molar-refractivity contribution is 0.539. The Morgan fingerprint density at radius 1 is 1.06 bits per heavy atom. The highest BCUT2D eigenvalue weighted by atomic mass is 14.5. The molecule has 0 aliphatic heterocycles. The molecular formula is C16H21N. The number of fused-ring (bicyclic) bond motifs is 1. The van der Waals surface area contributed by atoms with E-state index in [4.69, 9.17) is 5.73 Å². The summed E-state index contributed by atoms with van der Waals surface area (Å²) in [7, 11) is 0. The maximum absolute atomic E-state index is 5.59. The fourth-order valence-electron chi connectivity index (χ4n) is 2.33. The van der Waals surface area contributed by atoms with Gasteiger partial charge in [-0.2, -0.15) is 0 Å². The molecule has 17 heavy (non-hydrogen) atoms. The average Bonchev–Trinajstić information content (AvgIpc) is 2.29. The molecule has 0 bridgehead atoms. The lowest BCUT2D eigenvalue weighted by Crippen LogP contribution is -2.07. The molecule has 2 rings (SSSR count). The van der Waals surface area contributed by atoms with Crippen LogP contribution in [0.3, 0.4) is 0 Å². The summed E-state index contributed by atoms with van der Waals surface area (Å²) in [5.41, 5.74) is 8.33. The van der Waals surface area contributed by atoms with Crippen molar-refractivity contribution < 1.29 is 0 Å². The second-order valence-corrected chi connectivity index (χ2v) is 5.07. The third kappa shape index (κ3) is 3.07. The zero-order valence-electron chi connectivity index (χ0n) is 10.7. The van der Waals surface area contributed by atoms with Gasteiger partial charge in [-0.05, 0) is 48.6 Å². The maximum atomic E-state index is 5.59. The third-order valence-corrected chi connectivity index (χ3v) is 3.30. The fourth-order valence-corrected chi connectivity index (χ4v) is 2.33. The maximum Gasteiger partial charge on any atom is -0.00746 e. The Morgan fingerprint density at radius 3 is 2.53 bits per heavy atom. The number of nitrogens with two attached hydrogens (primary N) is 1. The van der Waals surface area contributed by atoms with E-state index in [0.717, 1.165) is 19.4 Å². The Kier molecular flexibility index (Phi) is 3.80. The van der Waals surface area contributed by atoms with Gasteiger partial charge in [0.15, 0.2) is 0 Å². The molecule has 0 spiro atoms. The number of rotatable bonds is 4. The van der Waals surface area contributed by atoms with Crippen LogP contribution in [-0.2, 0) is 6.42 Å². The monoisotopic (exact) mass is 227 g/mol. The molecule has 1 heteroatoms. The molecule has 0 heterocycles. The van der Waals surface area contributed by atoms with Gasteiger partial charge in [0, 0.05) is 0 Å². The van der Waals surface area contributed by atoms with Gasteiger partial charge in [-0.3, -0.25) is 0 Å². The number of aryl methyl sites for hydroxylation is 1. The topological polar surface area (TPSA) is 26.0 Å². The van der Waals surface area contributed by atoms with E-state index in [1.54, 1.807) is 0 Å². The first kappa shape index (κ1) is 12.1. The average molecular weight is 227 g/mol. The van der Waals surface area contributed by atoms with E-state index in [9.17, 15) is 0 Å².